The Morgan fingerprint density at radius 1 is 1.31 bits per heavy atom. The van der Waals surface area contributed by atoms with E-state index in [4.69, 9.17) is 0 Å². The molecule has 1 saturated carbocycles. The average Bonchev–Trinajstić information content (AvgIpc) is 2.94. The molecule has 2 nitrogen and oxygen atoms in total. The molecule has 16 heavy (non-hydrogen) atoms. The van der Waals surface area contributed by atoms with Crippen molar-refractivity contribution in [2.45, 2.75) is 24.9 Å². The van der Waals surface area contributed by atoms with E-state index >= 15 is 0 Å². The largest absolute Gasteiger partial charge is 0.491 e. The maximum absolute atomic E-state index is 13.6. The molecule has 0 unspecified atom stereocenters. The van der Waals surface area contributed by atoms with Gasteiger partial charge in [-0.05, 0) is 24.5 Å². The Labute approximate surface area is 90.7 Å². The number of aliphatic hydroxyl groups is 1. The maximum Gasteiger partial charge on any atom is 0.203 e. The van der Waals surface area contributed by atoms with Crippen LogP contribution in [0.4, 0.5) is 13.2 Å². The first-order valence-electron chi connectivity index (χ1n) is 4.89. The van der Waals surface area contributed by atoms with Gasteiger partial charge in [-0.1, -0.05) is 0 Å². The normalized spacial score (nSPS) is 17.3. The summed E-state index contributed by atoms with van der Waals surface area (Å²) in [5.41, 5.74) is -1.02. The summed E-state index contributed by atoms with van der Waals surface area (Å²) in [6.07, 6.45) is 1.08. The lowest BCUT2D eigenvalue weighted by atomic mass is 10.0. The molecule has 1 aromatic carbocycles. The van der Waals surface area contributed by atoms with Gasteiger partial charge in [0.25, 0.3) is 0 Å². The van der Waals surface area contributed by atoms with E-state index in [1.165, 1.54) is 0 Å². The van der Waals surface area contributed by atoms with Crippen molar-refractivity contribution in [3.63, 3.8) is 0 Å². The first-order valence-corrected chi connectivity index (χ1v) is 4.89. The molecular formula is C11H11F3O2. The summed E-state index contributed by atoms with van der Waals surface area (Å²) in [5, 5.41) is 9.61. The molecule has 88 valence electrons. The summed E-state index contributed by atoms with van der Waals surface area (Å²) in [6.45, 7) is 0. The number of benzene rings is 1. The van der Waals surface area contributed by atoms with Crippen LogP contribution in [0.25, 0.3) is 0 Å². The van der Waals surface area contributed by atoms with Crippen LogP contribution in [0.5, 0.6) is 5.75 Å². The van der Waals surface area contributed by atoms with Crippen LogP contribution in [0.2, 0.25) is 0 Å². The van der Waals surface area contributed by atoms with Gasteiger partial charge in [-0.15, -0.1) is 0 Å². The van der Waals surface area contributed by atoms with Gasteiger partial charge >= 0.3 is 0 Å². The van der Waals surface area contributed by atoms with Crippen molar-refractivity contribution < 1.29 is 23.0 Å². The summed E-state index contributed by atoms with van der Waals surface area (Å²) in [7, 11) is 1.07. The topological polar surface area (TPSA) is 29.5 Å². The van der Waals surface area contributed by atoms with Crippen LogP contribution in [-0.4, -0.2) is 17.8 Å². The highest BCUT2D eigenvalue weighted by molar-refractivity contribution is 5.35. The van der Waals surface area contributed by atoms with Crippen molar-refractivity contribution >= 4 is 0 Å². The molecule has 1 aliphatic rings. The van der Waals surface area contributed by atoms with Gasteiger partial charge in [0, 0.05) is 6.42 Å². The van der Waals surface area contributed by atoms with Crippen LogP contribution in [-0.2, 0) is 6.42 Å². The third-order valence-corrected chi connectivity index (χ3v) is 2.74. The van der Waals surface area contributed by atoms with Crippen molar-refractivity contribution in [1.29, 1.82) is 0 Å². The number of hydrogen-bond donors (Lipinski definition) is 1. The number of methoxy groups -OCH3 is 1. The molecule has 0 heterocycles. The smallest absolute Gasteiger partial charge is 0.203 e. The van der Waals surface area contributed by atoms with Crippen molar-refractivity contribution in [2.24, 2.45) is 0 Å². The quantitative estimate of drug-likeness (QED) is 0.809. The predicted molar refractivity (Wildman–Crippen MR) is 50.8 cm³/mol. The minimum absolute atomic E-state index is 0.0214. The van der Waals surface area contributed by atoms with Crippen LogP contribution in [0.15, 0.2) is 6.07 Å². The van der Waals surface area contributed by atoms with E-state index in [9.17, 15) is 18.3 Å². The highest BCUT2D eigenvalue weighted by Crippen LogP contribution is 2.40. The number of ether oxygens (including phenoxy) is 1. The Hall–Kier alpha value is -1.23. The lowest BCUT2D eigenvalue weighted by Crippen LogP contribution is -2.13. The van der Waals surface area contributed by atoms with E-state index < -0.39 is 28.8 Å². The van der Waals surface area contributed by atoms with E-state index in [0.717, 1.165) is 13.2 Å². The van der Waals surface area contributed by atoms with Gasteiger partial charge in [0.15, 0.2) is 17.4 Å². The molecule has 0 atom stereocenters. The van der Waals surface area contributed by atoms with Crippen molar-refractivity contribution in [3.05, 3.63) is 29.1 Å². The first-order chi connectivity index (χ1) is 7.47. The molecule has 0 amide bonds. The van der Waals surface area contributed by atoms with Gasteiger partial charge in [-0.25, -0.2) is 8.78 Å². The summed E-state index contributed by atoms with van der Waals surface area (Å²) < 4.78 is 44.3. The van der Waals surface area contributed by atoms with Gasteiger partial charge in [-0.3, -0.25) is 0 Å². The Morgan fingerprint density at radius 3 is 2.44 bits per heavy atom. The average molecular weight is 232 g/mol. The Morgan fingerprint density at radius 2 is 1.94 bits per heavy atom. The fraction of sp³-hybridized carbons (Fsp3) is 0.455. The van der Waals surface area contributed by atoms with Gasteiger partial charge in [-0.2, -0.15) is 4.39 Å². The lowest BCUT2D eigenvalue weighted by molar-refractivity contribution is 0.149. The Kier molecular flexibility index (Phi) is 2.58. The van der Waals surface area contributed by atoms with Crippen LogP contribution >= 0.6 is 0 Å². The summed E-state index contributed by atoms with van der Waals surface area (Å²) >= 11 is 0. The summed E-state index contributed by atoms with van der Waals surface area (Å²) in [4.78, 5) is 0. The molecular weight excluding hydrogens is 221 g/mol. The Bertz CT molecular complexity index is 428. The molecule has 1 aromatic rings. The second-order valence-electron chi connectivity index (χ2n) is 4.08. The second kappa shape index (κ2) is 3.66. The van der Waals surface area contributed by atoms with Gasteiger partial charge in [0.2, 0.25) is 5.82 Å². The number of rotatable bonds is 3. The van der Waals surface area contributed by atoms with Crippen LogP contribution in [0.1, 0.15) is 18.4 Å². The standard InChI is InChI=1S/C11H11F3O2/c1-16-10-8(13)6(4-7(12)9(10)14)5-11(15)2-3-11/h4,15H,2-3,5H2,1H3. The molecule has 5 heteroatoms. The molecule has 1 aliphatic carbocycles. The van der Waals surface area contributed by atoms with Crippen molar-refractivity contribution in [1.82, 2.24) is 0 Å². The van der Waals surface area contributed by atoms with Crippen LogP contribution < -0.4 is 4.74 Å². The Balaban J connectivity index is 2.41. The molecule has 1 fully saturated rings. The van der Waals surface area contributed by atoms with E-state index in [1.54, 1.807) is 0 Å². The minimum atomic E-state index is -1.34. The number of halogens is 3. The van der Waals surface area contributed by atoms with E-state index in [2.05, 4.69) is 4.74 Å². The molecule has 0 radical (unpaired) electrons. The van der Waals surface area contributed by atoms with E-state index in [-0.39, 0.29) is 12.0 Å². The fourth-order valence-corrected chi connectivity index (χ4v) is 1.61. The van der Waals surface area contributed by atoms with Gasteiger partial charge in [0.05, 0.1) is 12.7 Å². The van der Waals surface area contributed by atoms with Crippen LogP contribution in [0, 0.1) is 17.5 Å². The van der Waals surface area contributed by atoms with E-state index in [1.807, 2.05) is 0 Å². The summed E-state index contributed by atoms with van der Waals surface area (Å²) in [5.74, 6) is -4.19. The predicted octanol–water partition coefficient (Wildman–Crippen LogP) is 2.18. The highest BCUT2D eigenvalue weighted by Gasteiger charge is 2.41. The highest BCUT2D eigenvalue weighted by atomic mass is 19.2. The SMILES string of the molecule is COc1c(F)c(F)cc(CC2(O)CC2)c1F. The molecule has 0 aliphatic heterocycles. The zero-order chi connectivity index (χ0) is 11.9. The molecule has 0 saturated heterocycles. The van der Waals surface area contributed by atoms with Crippen molar-refractivity contribution in [2.75, 3.05) is 7.11 Å². The molecule has 0 aromatic heterocycles. The monoisotopic (exact) mass is 232 g/mol. The molecule has 0 spiro atoms. The van der Waals surface area contributed by atoms with Gasteiger partial charge < -0.3 is 9.84 Å². The maximum atomic E-state index is 13.6. The third-order valence-electron chi connectivity index (χ3n) is 2.74. The first kappa shape index (κ1) is 11.3. The van der Waals surface area contributed by atoms with Crippen LogP contribution in [0.3, 0.4) is 0 Å². The fourth-order valence-electron chi connectivity index (χ4n) is 1.61. The molecule has 2 rings (SSSR count). The lowest BCUT2D eigenvalue weighted by Gasteiger charge is -2.12. The van der Waals surface area contributed by atoms with E-state index in [0.29, 0.717) is 12.8 Å². The second-order valence-corrected chi connectivity index (χ2v) is 4.08. The molecule has 0 bridgehead atoms. The molecule has 1 N–H and O–H groups in total. The zero-order valence-corrected chi connectivity index (χ0v) is 8.69. The summed E-state index contributed by atoms with van der Waals surface area (Å²) in [6, 6.07) is 0.767. The van der Waals surface area contributed by atoms with Gasteiger partial charge in [0.1, 0.15) is 0 Å². The van der Waals surface area contributed by atoms with Crippen molar-refractivity contribution in [3.8, 4) is 5.75 Å². The zero-order valence-electron chi connectivity index (χ0n) is 8.69. The number of hydrogen-bond acceptors (Lipinski definition) is 2. The minimum Gasteiger partial charge on any atom is -0.491 e. The third kappa shape index (κ3) is 1.87.